The van der Waals surface area contributed by atoms with Crippen LogP contribution in [0.25, 0.3) is 0 Å². The van der Waals surface area contributed by atoms with Gasteiger partial charge in [0.25, 0.3) is 6.47 Å². The first-order valence-corrected chi connectivity index (χ1v) is 9.97. The van der Waals surface area contributed by atoms with Crippen molar-refractivity contribution in [2.75, 3.05) is 6.61 Å². The fourth-order valence-corrected chi connectivity index (χ4v) is 3.64. The summed E-state index contributed by atoms with van der Waals surface area (Å²) >= 11 is 0. The van der Waals surface area contributed by atoms with E-state index in [1.807, 2.05) is 43.3 Å². The van der Waals surface area contributed by atoms with E-state index in [2.05, 4.69) is 17.1 Å². The number of fused-ring (bicyclic) bond motifs is 1. The van der Waals surface area contributed by atoms with Crippen LogP contribution in [0.4, 0.5) is 0 Å². The summed E-state index contributed by atoms with van der Waals surface area (Å²) in [6.07, 6.45) is 4.00. The molecule has 1 atom stereocenters. The Bertz CT molecular complexity index is 1060. The third-order valence-corrected chi connectivity index (χ3v) is 5.15. The Kier molecular flexibility index (Phi) is 7.27. The van der Waals surface area contributed by atoms with Gasteiger partial charge in [-0.25, -0.2) is 0 Å². The molecule has 4 rings (SSSR count). The highest BCUT2D eigenvalue weighted by molar-refractivity contribution is 6.04. The second-order valence-electron chi connectivity index (χ2n) is 7.05. The largest absolute Gasteiger partial charge is 0.492 e. The number of aromatic nitrogens is 1. The van der Waals surface area contributed by atoms with Crippen LogP contribution in [-0.4, -0.2) is 34.7 Å². The van der Waals surface area contributed by atoms with Crippen LogP contribution in [0.5, 0.6) is 5.75 Å². The zero-order chi connectivity index (χ0) is 22.2. The van der Waals surface area contributed by atoms with E-state index >= 15 is 0 Å². The Morgan fingerprint density at radius 1 is 1.10 bits per heavy atom. The molecule has 158 valence electrons. The summed E-state index contributed by atoms with van der Waals surface area (Å²) in [5, 5.41) is 6.89. The molecule has 0 saturated heterocycles. The Morgan fingerprint density at radius 2 is 1.77 bits per heavy atom. The number of benzene rings is 2. The lowest BCUT2D eigenvalue weighted by molar-refractivity contribution is -0.122. The first-order chi connectivity index (χ1) is 15.1. The molecule has 0 spiro atoms. The first-order valence-electron chi connectivity index (χ1n) is 9.97. The van der Waals surface area contributed by atoms with Gasteiger partial charge in [0.1, 0.15) is 5.75 Å². The molecule has 0 amide bonds. The summed E-state index contributed by atoms with van der Waals surface area (Å²) in [4.78, 5) is 37.9. The van der Waals surface area contributed by atoms with Crippen molar-refractivity contribution in [2.24, 2.45) is 0 Å². The number of hydrogen-bond acceptors (Lipinski definition) is 5. The highest BCUT2D eigenvalue weighted by Gasteiger charge is 2.31. The quantitative estimate of drug-likeness (QED) is 0.474. The first kappa shape index (κ1) is 21.9. The number of Topliss-reactive ketones (excluding diaryl/α,β-unsaturated/α-hetero) is 2. The van der Waals surface area contributed by atoms with Gasteiger partial charge in [-0.1, -0.05) is 37.3 Å². The molecule has 2 aromatic carbocycles. The zero-order valence-corrected chi connectivity index (χ0v) is 17.2. The number of rotatable bonds is 6. The number of pyridine rings is 1. The third-order valence-electron chi connectivity index (χ3n) is 5.15. The summed E-state index contributed by atoms with van der Waals surface area (Å²) in [5.74, 6) is 0.621. The van der Waals surface area contributed by atoms with Crippen LogP contribution < -0.4 is 4.74 Å². The molecular formula is C25H23NO5. The summed E-state index contributed by atoms with van der Waals surface area (Å²) < 4.78 is 5.93. The molecule has 2 heterocycles. The van der Waals surface area contributed by atoms with Crippen molar-refractivity contribution in [1.82, 2.24) is 4.98 Å². The predicted octanol–water partition coefficient (Wildman–Crippen LogP) is 4.32. The zero-order valence-electron chi connectivity index (χ0n) is 17.2. The smallest absolute Gasteiger partial charge is 0.290 e. The molecular weight excluding hydrogens is 394 g/mol. The van der Waals surface area contributed by atoms with Crippen LogP contribution in [-0.2, 0) is 11.2 Å². The minimum absolute atomic E-state index is 0.0106. The molecule has 31 heavy (non-hydrogen) atoms. The van der Waals surface area contributed by atoms with Crippen LogP contribution in [0.2, 0.25) is 0 Å². The van der Waals surface area contributed by atoms with E-state index in [0.717, 1.165) is 16.7 Å². The molecule has 0 radical (unpaired) electrons. The SMILES string of the molecule is CCC(=O)c1cc(C(=O)Cc2ccncc2)cc2c1OCC2c1ccccc1.O=CO. The van der Waals surface area contributed by atoms with Crippen LogP contribution in [0.1, 0.15) is 56.7 Å². The van der Waals surface area contributed by atoms with Gasteiger partial charge in [0.05, 0.1) is 12.2 Å². The molecule has 6 nitrogen and oxygen atoms in total. The van der Waals surface area contributed by atoms with Crippen LogP contribution in [0.3, 0.4) is 0 Å². The molecule has 0 saturated carbocycles. The molecule has 0 aliphatic carbocycles. The summed E-state index contributed by atoms with van der Waals surface area (Å²) in [6.45, 7) is 2.05. The molecule has 0 bridgehead atoms. The lowest BCUT2D eigenvalue weighted by atomic mass is 9.88. The standard InChI is InChI=1S/C24H21NO3.CH2O2/c1-2-22(26)20-14-18(23(27)12-16-8-10-25-11-9-16)13-19-21(15-28-24(19)20)17-6-4-3-5-7-17;2-1-3/h3-11,13-14,21H,2,12,15H2,1H3;1H,(H,2,3). The normalized spacial score (nSPS) is 13.9. The van der Waals surface area contributed by atoms with Crippen molar-refractivity contribution >= 4 is 18.0 Å². The molecule has 1 N–H and O–H groups in total. The van der Waals surface area contributed by atoms with Gasteiger partial charge in [0.15, 0.2) is 11.6 Å². The minimum atomic E-state index is -0.250. The Hall–Kier alpha value is -3.80. The maximum Gasteiger partial charge on any atom is 0.290 e. The van der Waals surface area contributed by atoms with Crippen LogP contribution in [0, 0.1) is 0 Å². The van der Waals surface area contributed by atoms with Gasteiger partial charge < -0.3 is 9.84 Å². The van der Waals surface area contributed by atoms with E-state index < -0.39 is 0 Å². The number of hydrogen-bond donors (Lipinski definition) is 1. The second kappa shape index (κ2) is 10.3. The molecule has 6 heteroatoms. The predicted molar refractivity (Wildman–Crippen MR) is 116 cm³/mol. The van der Waals surface area contributed by atoms with Crippen molar-refractivity contribution < 1.29 is 24.2 Å². The number of ketones is 2. The van der Waals surface area contributed by atoms with E-state index in [-0.39, 0.29) is 30.4 Å². The lowest BCUT2D eigenvalue weighted by Crippen LogP contribution is -2.08. The third kappa shape index (κ3) is 5.04. The van der Waals surface area contributed by atoms with Crippen LogP contribution in [0.15, 0.2) is 67.0 Å². The highest BCUT2D eigenvalue weighted by Crippen LogP contribution is 2.41. The van der Waals surface area contributed by atoms with Gasteiger partial charge in [-0.2, -0.15) is 0 Å². The Labute approximate surface area is 180 Å². The lowest BCUT2D eigenvalue weighted by Gasteiger charge is -2.12. The van der Waals surface area contributed by atoms with E-state index in [1.165, 1.54) is 0 Å². The fourth-order valence-electron chi connectivity index (χ4n) is 3.64. The van der Waals surface area contributed by atoms with E-state index in [0.29, 0.717) is 29.9 Å². The van der Waals surface area contributed by atoms with E-state index in [1.54, 1.807) is 18.5 Å². The Morgan fingerprint density at radius 3 is 2.42 bits per heavy atom. The van der Waals surface area contributed by atoms with E-state index in [4.69, 9.17) is 14.6 Å². The van der Waals surface area contributed by atoms with Gasteiger partial charge in [-0.3, -0.25) is 19.4 Å². The van der Waals surface area contributed by atoms with E-state index in [9.17, 15) is 9.59 Å². The van der Waals surface area contributed by atoms with Crippen molar-refractivity contribution in [1.29, 1.82) is 0 Å². The maximum atomic E-state index is 12.9. The van der Waals surface area contributed by atoms with Gasteiger partial charge >= 0.3 is 0 Å². The molecule has 1 aromatic heterocycles. The van der Waals surface area contributed by atoms with Crippen molar-refractivity contribution in [3.8, 4) is 5.75 Å². The Balaban J connectivity index is 0.000000858. The number of nitrogens with zero attached hydrogens (tertiary/aromatic N) is 1. The fraction of sp³-hybridized carbons (Fsp3) is 0.200. The molecule has 0 fully saturated rings. The van der Waals surface area contributed by atoms with Gasteiger partial charge in [-0.15, -0.1) is 0 Å². The van der Waals surface area contributed by atoms with Gasteiger partial charge in [0.2, 0.25) is 0 Å². The number of carbonyl (C=O) groups excluding carboxylic acids is 2. The molecule has 1 unspecified atom stereocenters. The van der Waals surface area contributed by atoms with Gasteiger partial charge in [0, 0.05) is 42.3 Å². The topological polar surface area (TPSA) is 93.6 Å². The minimum Gasteiger partial charge on any atom is -0.492 e. The highest BCUT2D eigenvalue weighted by atomic mass is 16.5. The molecule has 3 aromatic rings. The number of carbonyl (C=O) groups is 3. The molecule has 1 aliphatic rings. The second-order valence-corrected chi connectivity index (χ2v) is 7.05. The van der Waals surface area contributed by atoms with Crippen molar-refractivity contribution in [3.05, 3.63) is 94.8 Å². The number of ether oxygens (including phenoxy) is 1. The maximum absolute atomic E-state index is 12.9. The van der Waals surface area contributed by atoms with Gasteiger partial charge in [-0.05, 0) is 35.4 Å². The van der Waals surface area contributed by atoms with Crippen LogP contribution >= 0.6 is 0 Å². The number of carboxylic acid groups (broad SMARTS) is 1. The summed E-state index contributed by atoms with van der Waals surface area (Å²) in [7, 11) is 0. The summed E-state index contributed by atoms with van der Waals surface area (Å²) in [6, 6.07) is 17.3. The van der Waals surface area contributed by atoms with Crippen molar-refractivity contribution in [2.45, 2.75) is 25.7 Å². The van der Waals surface area contributed by atoms with Crippen molar-refractivity contribution in [3.63, 3.8) is 0 Å². The summed E-state index contributed by atoms with van der Waals surface area (Å²) in [5.41, 5.74) is 4.01. The molecule has 1 aliphatic heterocycles. The monoisotopic (exact) mass is 417 g/mol. The average Bonchev–Trinajstić information content (AvgIpc) is 3.24. The average molecular weight is 417 g/mol.